The van der Waals surface area contributed by atoms with Crippen LogP contribution < -0.4 is 4.31 Å². The molecule has 1 aromatic rings. The molecular weight excluding hydrogens is 418 g/mol. The fraction of sp³-hybridized carbons (Fsp3) is 0.556. The lowest BCUT2D eigenvalue weighted by atomic mass is 9.74. The van der Waals surface area contributed by atoms with Crippen molar-refractivity contribution in [1.29, 1.82) is 0 Å². The average Bonchev–Trinajstić information content (AvgIpc) is 3.10. The van der Waals surface area contributed by atoms with Crippen molar-refractivity contribution in [2.75, 3.05) is 11.4 Å². The maximum Gasteiger partial charge on any atom is 0.263 e. The molecule has 1 aromatic carbocycles. The van der Waals surface area contributed by atoms with Crippen molar-refractivity contribution in [3.05, 3.63) is 29.8 Å². The van der Waals surface area contributed by atoms with E-state index < -0.39 is 32.6 Å². The van der Waals surface area contributed by atoms with Gasteiger partial charge >= 0.3 is 0 Å². The van der Waals surface area contributed by atoms with Crippen LogP contribution in [0.25, 0.3) is 0 Å². The van der Waals surface area contributed by atoms with E-state index >= 15 is 0 Å². The van der Waals surface area contributed by atoms with Gasteiger partial charge in [-0.25, -0.2) is 8.51 Å². The molecule has 5 aliphatic heterocycles. The molecule has 10 heteroatoms. The van der Waals surface area contributed by atoms with Crippen LogP contribution in [0, 0.1) is 0 Å². The highest BCUT2D eigenvalue weighted by Crippen LogP contribution is 2.70. The molecule has 150 valence electrons. The Hall–Kier alpha value is -1.23. The minimum Gasteiger partial charge on any atom is -0.319 e. The quantitative estimate of drug-likeness (QED) is 0.576. The highest BCUT2D eigenvalue weighted by atomic mass is 33.1. The van der Waals surface area contributed by atoms with Gasteiger partial charge in [-0.05, 0) is 25.0 Å². The Balaban J connectivity index is 1.80. The number of piperazine rings is 1. The van der Waals surface area contributed by atoms with Crippen LogP contribution in [0.15, 0.2) is 24.3 Å². The Bertz CT molecular complexity index is 944. The number of hydrogen-bond donors (Lipinski definition) is 1. The van der Waals surface area contributed by atoms with Crippen molar-refractivity contribution in [2.24, 2.45) is 0 Å². The Morgan fingerprint density at radius 2 is 1.96 bits per heavy atom. The van der Waals surface area contributed by atoms with Gasteiger partial charge in [-0.1, -0.05) is 53.1 Å². The van der Waals surface area contributed by atoms with Gasteiger partial charge in [0.1, 0.15) is 6.17 Å². The first-order valence-electron chi connectivity index (χ1n) is 9.23. The van der Waals surface area contributed by atoms with E-state index in [1.54, 1.807) is 23.8 Å². The van der Waals surface area contributed by atoms with E-state index in [1.165, 1.54) is 25.9 Å². The molecule has 2 bridgehead atoms. The summed E-state index contributed by atoms with van der Waals surface area (Å²) in [5.74, 6) is -0.256. The molecule has 2 amide bonds. The molecule has 5 atom stereocenters. The van der Waals surface area contributed by atoms with Gasteiger partial charge in [0.25, 0.3) is 23.1 Å². The Labute approximate surface area is 174 Å². The van der Waals surface area contributed by atoms with Gasteiger partial charge in [0, 0.05) is 18.9 Å². The second-order valence-electron chi connectivity index (χ2n) is 8.00. The number of likely N-dealkylation sites (N-methyl/N-ethyl adjacent to an activating group) is 1. The molecule has 7 nitrogen and oxygen atoms in total. The van der Waals surface area contributed by atoms with E-state index in [0.29, 0.717) is 12.1 Å². The topological polar surface area (TPSA) is 81.2 Å². The number of fused-ring (bicyclic) bond motifs is 5. The second-order valence-corrected chi connectivity index (χ2v) is 11.7. The summed E-state index contributed by atoms with van der Waals surface area (Å²) < 4.78 is 24.1. The normalized spacial score (nSPS) is 39.3. The van der Waals surface area contributed by atoms with Gasteiger partial charge in [0.2, 0.25) is 0 Å². The van der Waals surface area contributed by atoms with E-state index in [0.717, 1.165) is 18.4 Å². The molecule has 0 aromatic heterocycles. The summed E-state index contributed by atoms with van der Waals surface area (Å²) in [6.45, 7) is 3.83. The summed E-state index contributed by atoms with van der Waals surface area (Å²) >= 11 is -2.31. The fourth-order valence-electron chi connectivity index (χ4n) is 5.42. The molecular formula is C18H21N3O4S3. The summed E-state index contributed by atoms with van der Waals surface area (Å²) in [5, 5.41) is 0. The van der Waals surface area contributed by atoms with E-state index in [1.807, 2.05) is 24.3 Å². The van der Waals surface area contributed by atoms with Gasteiger partial charge in [-0.15, -0.1) is 0 Å². The van der Waals surface area contributed by atoms with E-state index in [-0.39, 0.29) is 11.8 Å². The van der Waals surface area contributed by atoms with Crippen molar-refractivity contribution in [1.82, 2.24) is 9.80 Å². The number of rotatable bonds is 3. The van der Waals surface area contributed by atoms with E-state index in [4.69, 9.17) is 0 Å². The molecule has 4 saturated heterocycles. The highest BCUT2D eigenvalue weighted by Gasteiger charge is 2.78. The number of carbonyl (C=O) groups is 2. The predicted molar refractivity (Wildman–Crippen MR) is 111 cm³/mol. The van der Waals surface area contributed by atoms with Crippen LogP contribution in [0.2, 0.25) is 0 Å². The van der Waals surface area contributed by atoms with Gasteiger partial charge in [0.15, 0.2) is 9.74 Å². The number of hydrogen-bond acceptors (Lipinski definition) is 5. The SMILES string of the molecule is CCC[C@]12C[C@@]34SS[C@@](C)(C(=O)N3[C@H]1N(S(=O)O)c1ccccc12)N(C)C4=O. The second kappa shape index (κ2) is 5.68. The summed E-state index contributed by atoms with van der Waals surface area (Å²) in [5.41, 5.74) is 1.07. The lowest BCUT2D eigenvalue weighted by molar-refractivity contribution is -0.163. The van der Waals surface area contributed by atoms with Crippen molar-refractivity contribution >= 4 is 50.4 Å². The smallest absolute Gasteiger partial charge is 0.263 e. The summed E-state index contributed by atoms with van der Waals surface area (Å²) in [6.07, 6.45) is 1.38. The number of anilines is 1. The van der Waals surface area contributed by atoms with Crippen molar-refractivity contribution in [3.8, 4) is 0 Å². The van der Waals surface area contributed by atoms with Crippen molar-refractivity contribution in [3.63, 3.8) is 0 Å². The standard InChI is InChI=1S/C18H21N3O4S3/c1-4-9-17-10-18-15(23)19(3)16(2,26-27-18)14(22)20(18)13(17)21(28(24)25)12-8-6-5-7-11(12)17/h5-8,13H,4,9-10H2,1-3H3,(H,24,25)/t13-,16-,17+,18-/m0/s1. The Morgan fingerprint density at radius 3 is 2.64 bits per heavy atom. The molecule has 0 aliphatic carbocycles. The minimum atomic E-state index is -2.31. The molecule has 5 heterocycles. The minimum absolute atomic E-state index is 0.0932. The highest BCUT2D eigenvalue weighted by molar-refractivity contribution is 8.78. The van der Waals surface area contributed by atoms with Crippen LogP contribution in [-0.2, 0) is 26.3 Å². The molecule has 1 unspecified atom stereocenters. The number of benzene rings is 1. The van der Waals surface area contributed by atoms with Crippen LogP contribution in [-0.4, -0.2) is 53.3 Å². The molecule has 0 radical (unpaired) electrons. The number of nitrogens with zero attached hydrogens (tertiary/aromatic N) is 3. The maximum atomic E-state index is 13.6. The molecule has 0 saturated carbocycles. The first kappa shape index (κ1) is 18.8. The van der Waals surface area contributed by atoms with Gasteiger partial charge < -0.3 is 4.90 Å². The summed E-state index contributed by atoms with van der Waals surface area (Å²) in [7, 11) is 4.54. The van der Waals surface area contributed by atoms with Gasteiger partial charge in [-0.3, -0.25) is 19.0 Å². The molecule has 6 rings (SSSR count). The zero-order valence-corrected chi connectivity index (χ0v) is 18.2. The van der Waals surface area contributed by atoms with Crippen LogP contribution in [0.4, 0.5) is 5.69 Å². The average molecular weight is 440 g/mol. The van der Waals surface area contributed by atoms with Crippen molar-refractivity contribution < 1.29 is 18.4 Å². The Morgan fingerprint density at radius 1 is 1.25 bits per heavy atom. The molecule has 28 heavy (non-hydrogen) atoms. The van der Waals surface area contributed by atoms with Crippen LogP contribution in [0.1, 0.15) is 38.7 Å². The third-order valence-corrected chi connectivity index (χ3v) is 11.1. The third kappa shape index (κ3) is 1.86. The van der Waals surface area contributed by atoms with E-state index in [2.05, 4.69) is 6.92 Å². The zero-order valence-electron chi connectivity index (χ0n) is 15.7. The number of carbonyl (C=O) groups excluding carboxylic acids is 2. The van der Waals surface area contributed by atoms with Crippen LogP contribution in [0.3, 0.4) is 0 Å². The molecule has 4 fully saturated rings. The molecule has 1 N–H and O–H groups in total. The van der Waals surface area contributed by atoms with Gasteiger partial charge in [-0.2, -0.15) is 0 Å². The fourth-order valence-corrected chi connectivity index (χ4v) is 9.75. The lowest BCUT2D eigenvalue weighted by Gasteiger charge is -2.57. The monoisotopic (exact) mass is 439 g/mol. The summed E-state index contributed by atoms with van der Waals surface area (Å²) in [4.78, 5) is 28.2. The first-order valence-corrected chi connectivity index (χ1v) is 12.4. The van der Waals surface area contributed by atoms with Crippen LogP contribution >= 0.6 is 21.6 Å². The largest absolute Gasteiger partial charge is 0.319 e. The first-order chi connectivity index (χ1) is 13.2. The molecule has 5 aliphatic rings. The number of para-hydroxylation sites is 1. The number of amides is 2. The zero-order chi connectivity index (χ0) is 20.1. The third-order valence-electron chi connectivity index (χ3n) is 6.68. The van der Waals surface area contributed by atoms with Gasteiger partial charge in [0.05, 0.1) is 5.69 Å². The van der Waals surface area contributed by atoms with Crippen LogP contribution in [0.5, 0.6) is 0 Å². The maximum absolute atomic E-state index is 13.6. The summed E-state index contributed by atoms with van der Waals surface area (Å²) in [6, 6.07) is 7.56. The lowest BCUT2D eigenvalue weighted by Crippen LogP contribution is -2.76. The van der Waals surface area contributed by atoms with E-state index in [9.17, 15) is 18.4 Å². The van der Waals surface area contributed by atoms with Crippen molar-refractivity contribution in [2.45, 2.75) is 54.4 Å². The predicted octanol–water partition coefficient (Wildman–Crippen LogP) is 2.52. The Kier molecular flexibility index (Phi) is 3.81. The molecule has 1 spiro atoms.